The third-order valence-corrected chi connectivity index (χ3v) is 5.87. The molecule has 2 heterocycles. The molecule has 0 radical (unpaired) electrons. The Labute approximate surface area is 172 Å². The van der Waals surface area contributed by atoms with E-state index in [9.17, 15) is 9.59 Å². The van der Waals surface area contributed by atoms with Crippen molar-refractivity contribution < 1.29 is 14.3 Å². The Morgan fingerprint density at radius 2 is 1.79 bits per heavy atom. The Bertz CT molecular complexity index is 916. The van der Waals surface area contributed by atoms with Crippen LogP contribution >= 0.6 is 22.7 Å². The van der Waals surface area contributed by atoms with Crippen LogP contribution in [0.2, 0.25) is 0 Å². The lowest BCUT2D eigenvalue weighted by Gasteiger charge is -2.13. The Morgan fingerprint density at radius 1 is 1.04 bits per heavy atom. The minimum Gasteiger partial charge on any atom is -0.452 e. The van der Waals surface area contributed by atoms with E-state index in [1.807, 2.05) is 72.3 Å². The molecule has 0 unspecified atom stereocenters. The van der Waals surface area contributed by atoms with E-state index in [2.05, 4.69) is 5.32 Å². The van der Waals surface area contributed by atoms with Gasteiger partial charge in [-0.2, -0.15) is 0 Å². The highest BCUT2D eigenvalue weighted by Crippen LogP contribution is 2.25. The van der Waals surface area contributed by atoms with E-state index in [4.69, 9.17) is 4.74 Å². The third-order valence-electron chi connectivity index (χ3n) is 4.14. The monoisotopic (exact) mass is 411 g/mol. The zero-order chi connectivity index (χ0) is 19.8. The van der Waals surface area contributed by atoms with Crippen LogP contribution in [-0.4, -0.2) is 25.0 Å². The lowest BCUT2D eigenvalue weighted by molar-refractivity contribution is -0.142. The molecule has 28 heavy (non-hydrogen) atoms. The number of nitrogens with one attached hydrogen (secondary N) is 1. The van der Waals surface area contributed by atoms with Crippen LogP contribution in [0.15, 0.2) is 65.4 Å². The largest absolute Gasteiger partial charge is 0.452 e. The molecule has 3 aromatic rings. The van der Waals surface area contributed by atoms with Gasteiger partial charge >= 0.3 is 5.97 Å². The summed E-state index contributed by atoms with van der Waals surface area (Å²) in [5, 5.41) is 6.68. The molecule has 1 aromatic carbocycles. The van der Waals surface area contributed by atoms with Crippen LogP contribution in [0.4, 0.5) is 0 Å². The van der Waals surface area contributed by atoms with E-state index < -0.39 is 5.97 Å². The van der Waals surface area contributed by atoms with Crippen LogP contribution in [-0.2, 0) is 14.3 Å². The number of carbonyl (C=O) groups is 2. The zero-order valence-electron chi connectivity index (χ0n) is 15.5. The summed E-state index contributed by atoms with van der Waals surface area (Å²) < 4.78 is 5.27. The average molecular weight is 412 g/mol. The second-order valence-corrected chi connectivity index (χ2v) is 8.17. The van der Waals surface area contributed by atoms with Gasteiger partial charge < -0.3 is 10.1 Å². The summed E-state index contributed by atoms with van der Waals surface area (Å²) in [4.78, 5) is 26.5. The number of ether oxygens (including phenoxy) is 1. The molecule has 0 aliphatic carbocycles. The summed E-state index contributed by atoms with van der Waals surface area (Å²) >= 11 is 3.00. The molecule has 4 nitrogen and oxygen atoms in total. The number of hydrogen-bond acceptors (Lipinski definition) is 5. The second-order valence-electron chi connectivity index (χ2n) is 6.24. The molecule has 3 rings (SSSR count). The molecule has 0 saturated carbocycles. The standard InChI is InChI=1S/C22H21NO3S2/c1-16(17-7-3-2-4-8-17)14-23-21(24)15-26-22(25)19(20-10-6-12-28-20)13-18-9-5-11-27-18/h2-13,16H,14-15H2,1H3,(H,23,24)/b19-13+/t16-/m0/s1. The molecule has 0 bridgehead atoms. The number of carbonyl (C=O) groups excluding carboxylic acids is 2. The van der Waals surface area contributed by atoms with Crippen LogP contribution < -0.4 is 5.32 Å². The predicted octanol–water partition coefficient (Wildman–Crippen LogP) is 4.81. The van der Waals surface area contributed by atoms with Crippen molar-refractivity contribution in [3.63, 3.8) is 0 Å². The zero-order valence-corrected chi connectivity index (χ0v) is 17.1. The third kappa shape index (κ3) is 5.65. The van der Waals surface area contributed by atoms with Gasteiger partial charge in [-0.15, -0.1) is 22.7 Å². The predicted molar refractivity (Wildman–Crippen MR) is 115 cm³/mol. The number of rotatable bonds is 8. The van der Waals surface area contributed by atoms with E-state index in [1.165, 1.54) is 11.3 Å². The molecule has 2 aromatic heterocycles. The van der Waals surface area contributed by atoms with E-state index >= 15 is 0 Å². The van der Waals surface area contributed by atoms with Gasteiger partial charge in [-0.25, -0.2) is 4.79 Å². The molecule has 6 heteroatoms. The van der Waals surface area contributed by atoms with Gasteiger partial charge in [0.25, 0.3) is 5.91 Å². The summed E-state index contributed by atoms with van der Waals surface area (Å²) in [5.41, 5.74) is 1.61. The van der Waals surface area contributed by atoms with Crippen LogP contribution in [0.1, 0.15) is 28.2 Å². The fourth-order valence-corrected chi connectivity index (χ4v) is 3.99. The number of hydrogen-bond donors (Lipinski definition) is 1. The molecule has 1 N–H and O–H groups in total. The number of thiophene rings is 2. The quantitative estimate of drug-likeness (QED) is 0.427. The number of esters is 1. The molecular weight excluding hydrogens is 390 g/mol. The smallest absolute Gasteiger partial charge is 0.340 e. The van der Waals surface area contributed by atoms with E-state index in [1.54, 1.807) is 17.4 Å². The highest BCUT2D eigenvalue weighted by molar-refractivity contribution is 7.12. The molecule has 0 spiro atoms. The first-order valence-electron chi connectivity index (χ1n) is 8.91. The Kier molecular flexibility index (Phi) is 7.17. The second kappa shape index (κ2) is 10.0. The first kappa shape index (κ1) is 20.0. The van der Waals surface area contributed by atoms with Gasteiger partial charge in [-0.05, 0) is 40.5 Å². The maximum absolute atomic E-state index is 12.6. The van der Waals surface area contributed by atoms with Crippen molar-refractivity contribution in [2.24, 2.45) is 0 Å². The van der Waals surface area contributed by atoms with Crippen molar-refractivity contribution in [2.75, 3.05) is 13.2 Å². The average Bonchev–Trinajstić information content (AvgIpc) is 3.43. The summed E-state index contributed by atoms with van der Waals surface area (Å²) in [6, 6.07) is 17.6. The van der Waals surface area contributed by atoms with Gasteiger partial charge in [0, 0.05) is 16.3 Å². The Hall–Kier alpha value is -2.70. The summed E-state index contributed by atoms with van der Waals surface area (Å²) in [7, 11) is 0. The molecule has 144 valence electrons. The van der Waals surface area contributed by atoms with Gasteiger partial charge in [0.15, 0.2) is 6.61 Å². The molecular formula is C22H21NO3S2. The first-order chi connectivity index (χ1) is 13.6. The maximum Gasteiger partial charge on any atom is 0.340 e. The topological polar surface area (TPSA) is 55.4 Å². The Balaban J connectivity index is 1.55. The minimum absolute atomic E-state index is 0.182. The SMILES string of the molecule is C[C@@H](CNC(=O)COC(=O)/C(=C/c1cccs1)c1cccs1)c1ccccc1. The van der Waals surface area contributed by atoms with Gasteiger partial charge in [-0.1, -0.05) is 49.4 Å². The molecule has 0 fully saturated rings. The summed E-state index contributed by atoms with van der Waals surface area (Å²) in [6.07, 6.45) is 1.80. The van der Waals surface area contributed by atoms with Crippen LogP contribution in [0.5, 0.6) is 0 Å². The van der Waals surface area contributed by atoms with Gasteiger partial charge in [0.05, 0.1) is 5.57 Å². The number of amides is 1. The van der Waals surface area contributed by atoms with Crippen LogP contribution in [0.25, 0.3) is 11.6 Å². The fraction of sp³-hybridized carbons (Fsp3) is 0.182. The molecule has 0 saturated heterocycles. The van der Waals surface area contributed by atoms with Gasteiger partial charge in [0.2, 0.25) is 0 Å². The molecule has 0 aliphatic rings. The summed E-state index contributed by atoms with van der Waals surface area (Å²) in [5.74, 6) is -0.624. The van der Waals surface area contributed by atoms with Crippen LogP contribution in [0.3, 0.4) is 0 Å². The molecule has 0 aliphatic heterocycles. The number of benzene rings is 1. The summed E-state index contributed by atoms with van der Waals surface area (Å²) in [6.45, 7) is 2.23. The highest BCUT2D eigenvalue weighted by atomic mass is 32.1. The lowest BCUT2D eigenvalue weighted by Crippen LogP contribution is -2.31. The minimum atomic E-state index is -0.498. The van der Waals surface area contributed by atoms with E-state index in [0.29, 0.717) is 12.1 Å². The van der Waals surface area contributed by atoms with Crippen LogP contribution in [0, 0.1) is 0 Å². The van der Waals surface area contributed by atoms with Crippen molar-refractivity contribution in [2.45, 2.75) is 12.8 Å². The van der Waals surface area contributed by atoms with Crippen molar-refractivity contribution in [3.05, 3.63) is 80.7 Å². The van der Waals surface area contributed by atoms with Gasteiger partial charge in [0.1, 0.15) is 0 Å². The van der Waals surface area contributed by atoms with Gasteiger partial charge in [-0.3, -0.25) is 4.79 Å². The first-order valence-corrected chi connectivity index (χ1v) is 10.7. The van der Waals surface area contributed by atoms with Crippen molar-refractivity contribution in [1.29, 1.82) is 0 Å². The molecule has 1 atom stereocenters. The van der Waals surface area contributed by atoms with Crippen molar-refractivity contribution in [3.8, 4) is 0 Å². The molecule has 1 amide bonds. The van der Waals surface area contributed by atoms with E-state index in [-0.39, 0.29) is 18.4 Å². The Morgan fingerprint density at radius 3 is 2.46 bits per heavy atom. The highest BCUT2D eigenvalue weighted by Gasteiger charge is 2.17. The van der Waals surface area contributed by atoms with Crippen molar-refractivity contribution >= 4 is 46.2 Å². The van der Waals surface area contributed by atoms with Crippen molar-refractivity contribution in [1.82, 2.24) is 5.32 Å². The normalized spacial score (nSPS) is 12.4. The lowest BCUT2D eigenvalue weighted by atomic mass is 10.0. The maximum atomic E-state index is 12.6. The van der Waals surface area contributed by atoms with E-state index in [0.717, 1.165) is 15.3 Å². The fourth-order valence-electron chi connectivity index (χ4n) is 2.60.